The lowest BCUT2D eigenvalue weighted by Crippen LogP contribution is -2.55. The predicted molar refractivity (Wildman–Crippen MR) is 191 cm³/mol. The molecule has 4 aromatic rings. The van der Waals surface area contributed by atoms with Crippen LogP contribution in [0.15, 0.2) is 108 Å². The third-order valence-electron chi connectivity index (χ3n) is 8.79. The molecule has 1 fully saturated rings. The Hall–Kier alpha value is -4.54. The number of sulfonamides is 1. The summed E-state index contributed by atoms with van der Waals surface area (Å²) in [5.74, 6) is -0.295. The number of rotatable bonds is 14. The Morgan fingerprint density at radius 3 is 2.16 bits per heavy atom. The molecule has 0 saturated heterocycles. The van der Waals surface area contributed by atoms with Crippen molar-refractivity contribution < 1.29 is 27.5 Å². The van der Waals surface area contributed by atoms with Crippen LogP contribution in [-0.2, 0) is 32.6 Å². The number of hydrogen-bond acceptors (Lipinski definition) is 6. The van der Waals surface area contributed by atoms with Gasteiger partial charge in [-0.15, -0.1) is 0 Å². The molecule has 1 unspecified atom stereocenters. The highest BCUT2D eigenvalue weighted by molar-refractivity contribution is 7.92. The second-order valence-corrected chi connectivity index (χ2v) is 14.3. The smallest absolute Gasteiger partial charge is 0.264 e. The summed E-state index contributed by atoms with van der Waals surface area (Å²) in [7, 11) is -1.43. The van der Waals surface area contributed by atoms with Crippen molar-refractivity contribution in [1.29, 1.82) is 0 Å². The van der Waals surface area contributed by atoms with Crippen molar-refractivity contribution >= 4 is 39.1 Å². The van der Waals surface area contributed by atoms with Crippen LogP contribution in [0.4, 0.5) is 5.69 Å². The van der Waals surface area contributed by atoms with Crippen LogP contribution in [0.2, 0.25) is 5.02 Å². The molecule has 1 atom stereocenters. The van der Waals surface area contributed by atoms with Crippen molar-refractivity contribution in [3.63, 3.8) is 0 Å². The molecule has 0 aliphatic heterocycles. The predicted octanol–water partition coefficient (Wildman–Crippen LogP) is 6.64. The Labute approximate surface area is 293 Å². The van der Waals surface area contributed by atoms with Gasteiger partial charge in [-0.05, 0) is 54.3 Å². The second-order valence-electron chi connectivity index (χ2n) is 12.0. The molecule has 0 bridgehead atoms. The van der Waals surface area contributed by atoms with Gasteiger partial charge in [0.1, 0.15) is 24.1 Å². The van der Waals surface area contributed by atoms with E-state index in [-0.39, 0.29) is 41.2 Å². The van der Waals surface area contributed by atoms with Gasteiger partial charge in [0.25, 0.3) is 10.0 Å². The van der Waals surface area contributed by atoms with E-state index in [0.29, 0.717) is 16.3 Å². The van der Waals surface area contributed by atoms with Crippen LogP contribution in [0.3, 0.4) is 0 Å². The van der Waals surface area contributed by atoms with Gasteiger partial charge >= 0.3 is 0 Å². The van der Waals surface area contributed by atoms with Crippen molar-refractivity contribution in [2.45, 2.75) is 62.0 Å². The van der Waals surface area contributed by atoms with Gasteiger partial charge < -0.3 is 19.7 Å². The quantitative estimate of drug-likeness (QED) is 0.158. The lowest BCUT2D eigenvalue weighted by Gasteiger charge is -2.35. The van der Waals surface area contributed by atoms with Crippen LogP contribution in [0, 0.1) is 0 Å². The molecule has 0 radical (unpaired) electrons. The average Bonchev–Trinajstić information content (AvgIpc) is 3.13. The molecule has 1 saturated carbocycles. The maximum atomic E-state index is 14.8. The monoisotopic (exact) mass is 703 g/mol. The highest BCUT2D eigenvalue weighted by Crippen LogP contribution is 2.36. The van der Waals surface area contributed by atoms with Crippen LogP contribution >= 0.6 is 11.6 Å². The number of hydrogen-bond donors (Lipinski definition) is 1. The number of carbonyl (C=O) groups is 2. The summed E-state index contributed by atoms with van der Waals surface area (Å²) in [4.78, 5) is 30.6. The number of halogens is 1. The maximum Gasteiger partial charge on any atom is 0.264 e. The summed E-state index contributed by atoms with van der Waals surface area (Å²) in [5.41, 5.74) is 1.59. The minimum Gasteiger partial charge on any atom is -0.497 e. The fraction of sp³-hybridized carbons (Fsp3) is 0.316. The van der Waals surface area contributed by atoms with Crippen molar-refractivity contribution in [3.05, 3.63) is 119 Å². The fourth-order valence-electron chi connectivity index (χ4n) is 6.13. The normalized spacial score (nSPS) is 14.0. The number of anilines is 1. The Kier molecular flexibility index (Phi) is 12.2. The zero-order chi connectivity index (χ0) is 34.8. The first kappa shape index (κ1) is 35.8. The lowest BCUT2D eigenvalue weighted by atomic mass is 9.94. The number of methoxy groups -OCH3 is 2. The average molecular weight is 704 g/mol. The summed E-state index contributed by atoms with van der Waals surface area (Å²) < 4.78 is 40.8. The van der Waals surface area contributed by atoms with Gasteiger partial charge in [-0.1, -0.05) is 97.6 Å². The van der Waals surface area contributed by atoms with Gasteiger partial charge in [0, 0.05) is 30.1 Å². The van der Waals surface area contributed by atoms with Crippen LogP contribution < -0.4 is 19.1 Å². The zero-order valence-electron chi connectivity index (χ0n) is 27.8. The maximum absolute atomic E-state index is 14.8. The van der Waals surface area contributed by atoms with E-state index in [1.807, 2.05) is 36.4 Å². The van der Waals surface area contributed by atoms with Gasteiger partial charge in [0.15, 0.2) is 0 Å². The zero-order valence-corrected chi connectivity index (χ0v) is 29.3. The molecule has 1 aliphatic rings. The second kappa shape index (κ2) is 16.7. The van der Waals surface area contributed by atoms with Gasteiger partial charge in [0.05, 0.1) is 24.8 Å². The molecule has 5 rings (SSSR count). The van der Waals surface area contributed by atoms with E-state index >= 15 is 0 Å². The highest BCUT2D eigenvalue weighted by Gasteiger charge is 2.36. The first-order valence-electron chi connectivity index (χ1n) is 16.4. The Morgan fingerprint density at radius 2 is 1.51 bits per heavy atom. The minimum absolute atomic E-state index is 0.00668. The number of benzene rings is 4. The van der Waals surface area contributed by atoms with Crippen LogP contribution in [0.1, 0.15) is 43.2 Å². The van der Waals surface area contributed by atoms with E-state index in [0.717, 1.165) is 42.0 Å². The SMILES string of the molecule is COc1ccc(OC)c(N(CC(=O)N(Cc2ccccc2Cl)C(Cc2ccccc2)C(=O)NC2CCCCC2)S(=O)(=O)c2ccccc2)c1. The molecule has 0 heterocycles. The molecular formula is C38H42ClN3O6S. The number of amides is 2. The van der Waals surface area contributed by atoms with Crippen LogP contribution in [0.25, 0.3) is 0 Å². The van der Waals surface area contributed by atoms with Crippen LogP contribution in [-0.4, -0.2) is 58.0 Å². The molecule has 0 spiro atoms. The van der Waals surface area contributed by atoms with Gasteiger partial charge in [0.2, 0.25) is 11.8 Å². The molecule has 0 aromatic heterocycles. The van der Waals surface area contributed by atoms with Gasteiger partial charge in [-0.2, -0.15) is 0 Å². The molecule has 9 nitrogen and oxygen atoms in total. The number of ether oxygens (including phenoxy) is 2. The standard InChI is InChI=1S/C38H42ClN3O6S/c1-47-31-22-23-36(48-2)34(25-31)42(49(45,46)32-19-10-5-11-20-32)27-37(43)41(26-29-16-12-13-21-33(29)39)35(24-28-14-6-3-7-15-28)38(44)40-30-17-8-4-9-18-30/h3,5-7,10-16,19-23,25,30,35H,4,8-9,17-18,24,26-27H2,1-2H3,(H,40,44). The summed E-state index contributed by atoms with van der Waals surface area (Å²) in [5, 5.41) is 3.64. The largest absolute Gasteiger partial charge is 0.497 e. The van der Waals surface area contributed by atoms with E-state index in [1.165, 1.54) is 37.3 Å². The van der Waals surface area contributed by atoms with Crippen molar-refractivity contribution in [3.8, 4) is 11.5 Å². The molecule has 2 amide bonds. The highest BCUT2D eigenvalue weighted by atomic mass is 35.5. The molecule has 11 heteroatoms. The minimum atomic E-state index is -4.33. The van der Waals surface area contributed by atoms with E-state index in [2.05, 4.69) is 5.32 Å². The molecule has 1 aliphatic carbocycles. The first-order chi connectivity index (χ1) is 23.7. The Morgan fingerprint density at radius 1 is 0.857 bits per heavy atom. The molecule has 258 valence electrons. The van der Waals surface area contributed by atoms with Crippen molar-refractivity contribution in [2.75, 3.05) is 25.1 Å². The Bertz CT molecular complexity index is 1820. The summed E-state index contributed by atoms with van der Waals surface area (Å²) >= 11 is 6.63. The van der Waals surface area contributed by atoms with Crippen LogP contribution in [0.5, 0.6) is 11.5 Å². The molecule has 49 heavy (non-hydrogen) atoms. The third-order valence-corrected chi connectivity index (χ3v) is 10.9. The topological polar surface area (TPSA) is 105 Å². The molecule has 1 N–H and O–H groups in total. The Balaban J connectivity index is 1.61. The van der Waals surface area contributed by atoms with E-state index < -0.39 is 28.5 Å². The number of nitrogens with zero attached hydrogens (tertiary/aromatic N) is 2. The summed E-state index contributed by atoms with van der Waals surface area (Å²) in [6.07, 6.45) is 5.10. The lowest BCUT2D eigenvalue weighted by molar-refractivity contribution is -0.140. The number of nitrogens with one attached hydrogen (secondary N) is 1. The molecule has 4 aromatic carbocycles. The summed E-state index contributed by atoms with van der Waals surface area (Å²) in [6, 6.07) is 28.3. The van der Waals surface area contributed by atoms with E-state index in [4.69, 9.17) is 21.1 Å². The fourth-order valence-corrected chi connectivity index (χ4v) is 7.77. The van der Waals surface area contributed by atoms with Crippen molar-refractivity contribution in [2.24, 2.45) is 0 Å². The third kappa shape index (κ3) is 8.93. The first-order valence-corrected chi connectivity index (χ1v) is 18.2. The van der Waals surface area contributed by atoms with Gasteiger partial charge in [-0.3, -0.25) is 13.9 Å². The van der Waals surface area contributed by atoms with E-state index in [1.54, 1.807) is 48.5 Å². The van der Waals surface area contributed by atoms with Gasteiger partial charge in [-0.25, -0.2) is 8.42 Å². The number of carbonyl (C=O) groups excluding carboxylic acids is 2. The van der Waals surface area contributed by atoms with E-state index in [9.17, 15) is 18.0 Å². The van der Waals surface area contributed by atoms with Crippen molar-refractivity contribution in [1.82, 2.24) is 10.2 Å². The molecular weight excluding hydrogens is 662 g/mol. The summed E-state index contributed by atoms with van der Waals surface area (Å²) in [6.45, 7) is -0.657.